The molecule has 0 aliphatic heterocycles. The maximum Gasteiger partial charge on any atom is 0.265 e. The molecule has 1 amide bonds. The fraction of sp³-hybridized carbons (Fsp3) is 0.143. The first-order valence-corrected chi connectivity index (χ1v) is 8.69. The highest BCUT2D eigenvalue weighted by Gasteiger charge is 2.16. The van der Waals surface area contributed by atoms with Gasteiger partial charge in [-0.1, -0.05) is 35.9 Å². The molecular formula is C21H19ClN2O2. The maximum absolute atomic E-state index is 12.3. The van der Waals surface area contributed by atoms with Crippen molar-refractivity contribution in [3.05, 3.63) is 89.2 Å². The van der Waals surface area contributed by atoms with Crippen LogP contribution in [-0.4, -0.2) is 17.0 Å². The lowest BCUT2D eigenvalue weighted by Gasteiger charge is -2.15. The van der Waals surface area contributed by atoms with Crippen molar-refractivity contribution in [3.63, 3.8) is 0 Å². The van der Waals surface area contributed by atoms with Gasteiger partial charge in [-0.05, 0) is 60.9 Å². The molecule has 0 radical (unpaired) electrons. The molecule has 0 aliphatic carbocycles. The number of amides is 1. The number of benzene rings is 2. The quantitative estimate of drug-likeness (QED) is 0.686. The predicted molar refractivity (Wildman–Crippen MR) is 104 cm³/mol. The number of rotatable bonds is 6. The molecule has 0 unspecified atom stereocenters. The highest BCUT2D eigenvalue weighted by molar-refractivity contribution is 6.32. The lowest BCUT2D eigenvalue weighted by molar-refractivity contribution is -0.122. The third kappa shape index (κ3) is 4.83. The molecule has 0 aliphatic rings. The zero-order valence-corrected chi connectivity index (χ0v) is 15.1. The summed E-state index contributed by atoms with van der Waals surface area (Å²) in [4.78, 5) is 16.3. The maximum atomic E-state index is 12.3. The van der Waals surface area contributed by atoms with Crippen molar-refractivity contribution < 1.29 is 9.53 Å². The third-order valence-corrected chi connectivity index (χ3v) is 4.20. The van der Waals surface area contributed by atoms with Crippen molar-refractivity contribution in [2.24, 2.45) is 0 Å². The summed E-state index contributed by atoms with van der Waals surface area (Å²) < 4.78 is 5.63. The highest BCUT2D eigenvalue weighted by Crippen LogP contribution is 2.24. The van der Waals surface area contributed by atoms with Gasteiger partial charge in [0, 0.05) is 18.1 Å². The van der Waals surface area contributed by atoms with Crippen LogP contribution in [0.2, 0.25) is 5.02 Å². The van der Waals surface area contributed by atoms with Gasteiger partial charge in [0.2, 0.25) is 0 Å². The molecule has 0 saturated carbocycles. The van der Waals surface area contributed by atoms with Crippen LogP contribution in [0.15, 0.2) is 73.1 Å². The molecule has 132 valence electrons. The van der Waals surface area contributed by atoms with Crippen LogP contribution in [0.3, 0.4) is 0 Å². The van der Waals surface area contributed by atoms with E-state index in [0.717, 1.165) is 17.7 Å². The Morgan fingerprint density at radius 3 is 2.38 bits per heavy atom. The van der Waals surface area contributed by atoms with Gasteiger partial charge >= 0.3 is 0 Å². The van der Waals surface area contributed by atoms with Gasteiger partial charge in [-0.2, -0.15) is 0 Å². The normalized spacial score (nSPS) is 11.6. The molecule has 0 bridgehead atoms. The Morgan fingerprint density at radius 1 is 1.04 bits per heavy atom. The summed E-state index contributed by atoms with van der Waals surface area (Å²) in [5.74, 6) is 0.260. The first-order valence-electron chi connectivity index (χ1n) is 8.32. The van der Waals surface area contributed by atoms with Gasteiger partial charge in [0.05, 0.1) is 5.02 Å². The van der Waals surface area contributed by atoms with E-state index in [1.165, 1.54) is 5.56 Å². The molecule has 5 heteroatoms. The van der Waals surface area contributed by atoms with E-state index in [1.54, 1.807) is 31.5 Å². The summed E-state index contributed by atoms with van der Waals surface area (Å²) >= 11 is 6.06. The Morgan fingerprint density at radius 2 is 1.69 bits per heavy atom. The molecule has 2 aromatic carbocycles. The van der Waals surface area contributed by atoms with Crippen molar-refractivity contribution >= 4 is 23.2 Å². The summed E-state index contributed by atoms with van der Waals surface area (Å²) in [6.45, 7) is 1.69. The number of ether oxygens (including phenoxy) is 1. The Labute approximate surface area is 157 Å². The number of para-hydroxylation sites is 1. The highest BCUT2D eigenvalue weighted by atomic mass is 35.5. The van der Waals surface area contributed by atoms with Crippen molar-refractivity contribution in [2.45, 2.75) is 19.4 Å². The minimum absolute atomic E-state index is 0.230. The molecule has 0 saturated heterocycles. The summed E-state index contributed by atoms with van der Waals surface area (Å²) in [5.41, 5.74) is 3.08. The van der Waals surface area contributed by atoms with Gasteiger partial charge in [-0.15, -0.1) is 0 Å². The number of hydrogen-bond donors (Lipinski definition) is 1. The van der Waals surface area contributed by atoms with Gasteiger partial charge < -0.3 is 10.1 Å². The smallest absolute Gasteiger partial charge is 0.265 e. The largest absolute Gasteiger partial charge is 0.479 e. The molecule has 1 heterocycles. The van der Waals surface area contributed by atoms with Gasteiger partial charge in [0.25, 0.3) is 5.91 Å². The second kappa shape index (κ2) is 8.50. The Balaban J connectivity index is 1.58. The Hall–Kier alpha value is -2.85. The average Bonchev–Trinajstić information content (AvgIpc) is 2.66. The number of aromatic nitrogens is 1. The van der Waals surface area contributed by atoms with Gasteiger partial charge in [0.1, 0.15) is 5.75 Å². The molecule has 3 aromatic rings. The van der Waals surface area contributed by atoms with Crippen LogP contribution >= 0.6 is 11.6 Å². The van der Waals surface area contributed by atoms with E-state index in [0.29, 0.717) is 10.8 Å². The lowest BCUT2D eigenvalue weighted by atomic mass is 10.1. The average molecular weight is 367 g/mol. The fourth-order valence-corrected chi connectivity index (χ4v) is 2.65. The number of anilines is 1. The van der Waals surface area contributed by atoms with Crippen molar-refractivity contribution in [3.8, 4) is 5.75 Å². The second-order valence-corrected chi connectivity index (χ2v) is 6.32. The first kappa shape index (κ1) is 18.0. The van der Waals surface area contributed by atoms with Crippen LogP contribution in [0.25, 0.3) is 0 Å². The predicted octanol–water partition coefficient (Wildman–Crippen LogP) is 4.73. The first-order chi connectivity index (χ1) is 12.6. The monoisotopic (exact) mass is 366 g/mol. The van der Waals surface area contributed by atoms with E-state index in [4.69, 9.17) is 16.3 Å². The standard InChI is InChI=1S/C21H19ClN2O2/c1-15(26-20-5-3-2-4-19(20)22)21(25)24-18-8-6-16(7-9-18)14-17-10-12-23-13-11-17/h2-13,15H,14H2,1H3,(H,24,25)/t15-/m1/s1. The Bertz CT molecular complexity index is 867. The number of pyridine rings is 1. The molecule has 26 heavy (non-hydrogen) atoms. The zero-order chi connectivity index (χ0) is 18.4. The van der Waals surface area contributed by atoms with Crippen LogP contribution < -0.4 is 10.1 Å². The molecule has 3 rings (SSSR count). The number of nitrogens with zero attached hydrogens (tertiary/aromatic N) is 1. The number of carbonyl (C=O) groups excluding carboxylic acids is 1. The third-order valence-electron chi connectivity index (χ3n) is 3.89. The van der Waals surface area contributed by atoms with Crippen LogP contribution in [0.1, 0.15) is 18.1 Å². The van der Waals surface area contributed by atoms with E-state index in [1.807, 2.05) is 48.5 Å². The van der Waals surface area contributed by atoms with Gasteiger partial charge in [-0.25, -0.2) is 0 Å². The molecule has 0 fully saturated rings. The number of halogens is 1. The molecule has 0 spiro atoms. The van der Waals surface area contributed by atoms with Crippen LogP contribution in [-0.2, 0) is 11.2 Å². The zero-order valence-electron chi connectivity index (χ0n) is 14.4. The number of nitrogens with one attached hydrogen (secondary N) is 1. The van der Waals surface area contributed by atoms with E-state index in [2.05, 4.69) is 10.3 Å². The molecule has 1 atom stereocenters. The molecule has 1 aromatic heterocycles. The van der Waals surface area contributed by atoms with E-state index < -0.39 is 6.10 Å². The molecular weight excluding hydrogens is 348 g/mol. The van der Waals surface area contributed by atoms with Crippen molar-refractivity contribution in [1.29, 1.82) is 0 Å². The van der Waals surface area contributed by atoms with Gasteiger partial charge in [-0.3, -0.25) is 9.78 Å². The minimum atomic E-state index is -0.661. The summed E-state index contributed by atoms with van der Waals surface area (Å²) in [6.07, 6.45) is 3.73. The SMILES string of the molecule is C[C@@H](Oc1ccccc1Cl)C(=O)Nc1ccc(Cc2ccncc2)cc1. The number of carbonyl (C=O) groups is 1. The topological polar surface area (TPSA) is 51.2 Å². The molecule has 4 nitrogen and oxygen atoms in total. The van der Waals surface area contributed by atoms with Crippen molar-refractivity contribution in [2.75, 3.05) is 5.32 Å². The van der Waals surface area contributed by atoms with Crippen LogP contribution in [0.5, 0.6) is 5.75 Å². The van der Waals surface area contributed by atoms with Crippen molar-refractivity contribution in [1.82, 2.24) is 4.98 Å². The molecule has 1 N–H and O–H groups in total. The van der Waals surface area contributed by atoms with E-state index in [9.17, 15) is 4.79 Å². The van der Waals surface area contributed by atoms with E-state index in [-0.39, 0.29) is 5.91 Å². The fourth-order valence-electron chi connectivity index (χ4n) is 2.47. The summed E-state index contributed by atoms with van der Waals surface area (Å²) in [5, 5.41) is 3.33. The Kier molecular flexibility index (Phi) is 5.87. The van der Waals surface area contributed by atoms with Gasteiger partial charge in [0.15, 0.2) is 6.10 Å². The minimum Gasteiger partial charge on any atom is -0.479 e. The summed E-state index contributed by atoms with van der Waals surface area (Å²) in [6, 6.07) is 18.8. The number of hydrogen-bond acceptors (Lipinski definition) is 3. The van der Waals surface area contributed by atoms with E-state index >= 15 is 0 Å². The summed E-state index contributed by atoms with van der Waals surface area (Å²) in [7, 11) is 0. The second-order valence-electron chi connectivity index (χ2n) is 5.91. The van der Waals surface area contributed by atoms with Crippen LogP contribution in [0, 0.1) is 0 Å². The van der Waals surface area contributed by atoms with Crippen LogP contribution in [0.4, 0.5) is 5.69 Å². The lowest BCUT2D eigenvalue weighted by Crippen LogP contribution is -2.30.